The smallest absolute Gasteiger partial charge is 0.0646 e. The summed E-state index contributed by atoms with van der Waals surface area (Å²) in [6, 6.07) is 0. The molecule has 0 unspecified atom stereocenters. The molecule has 0 bridgehead atoms. The average Bonchev–Trinajstić information content (AvgIpc) is 2.56. The van der Waals surface area contributed by atoms with E-state index in [0.29, 0.717) is 0 Å². The fraction of sp³-hybridized carbons (Fsp3) is 0.300. The van der Waals surface area contributed by atoms with Gasteiger partial charge in [-0.3, -0.25) is 5.10 Å². The first-order valence-corrected chi connectivity index (χ1v) is 4.17. The van der Waals surface area contributed by atoms with Crippen LogP contribution in [0.4, 0.5) is 0 Å². The Bertz CT molecular complexity index is 320. The van der Waals surface area contributed by atoms with E-state index in [9.17, 15) is 0 Å². The zero-order valence-electron chi connectivity index (χ0n) is 7.96. The lowest BCUT2D eigenvalue weighted by Crippen LogP contribution is -2.20. The van der Waals surface area contributed by atoms with Gasteiger partial charge in [0.1, 0.15) is 0 Å². The molecule has 0 aliphatic carbocycles. The van der Waals surface area contributed by atoms with Crippen LogP contribution >= 0.6 is 0 Å². The molecule has 2 heteroatoms. The molecule has 66 valence electrons. The van der Waals surface area contributed by atoms with Crippen molar-refractivity contribution >= 4 is 12.2 Å². The van der Waals surface area contributed by atoms with E-state index in [-0.39, 0.29) is 0 Å². The van der Waals surface area contributed by atoms with Crippen LogP contribution in [0.25, 0.3) is 12.2 Å². The molecule has 0 aliphatic rings. The number of allylic oxidation sites excluding steroid dienone is 1. The largest absolute Gasteiger partial charge is 0.278 e. The first-order valence-electron chi connectivity index (χ1n) is 4.17. The first kappa shape index (κ1) is 10.7. The fourth-order valence-corrected chi connectivity index (χ4v) is 0.787. The van der Waals surface area contributed by atoms with Crippen molar-refractivity contribution in [2.45, 2.75) is 20.8 Å². The molecule has 0 spiro atoms. The predicted octanol–water partition coefficient (Wildman–Crippen LogP) is 1.20. The number of hydrogen-bond donors (Lipinski definition) is 1. The lowest BCUT2D eigenvalue weighted by molar-refractivity contribution is 1.06. The molecular formula is C10H16N2. The van der Waals surface area contributed by atoms with Gasteiger partial charge in [0.2, 0.25) is 0 Å². The van der Waals surface area contributed by atoms with Crippen LogP contribution in [0.5, 0.6) is 0 Å². The number of aromatic amines is 1. The van der Waals surface area contributed by atoms with E-state index in [1.165, 1.54) is 0 Å². The number of rotatable bonds is 1. The van der Waals surface area contributed by atoms with Crippen LogP contribution in [0.2, 0.25) is 0 Å². The van der Waals surface area contributed by atoms with Crippen LogP contribution in [0.15, 0.2) is 18.9 Å². The minimum Gasteiger partial charge on any atom is -0.278 e. The Balaban J connectivity index is 0.000000561. The SMILES string of the molecule is C=C/C=c1/[nH]nc/c1=C/C.CC. The molecule has 12 heavy (non-hydrogen) atoms. The number of hydrogen-bond acceptors (Lipinski definition) is 1. The minimum absolute atomic E-state index is 1.01. The van der Waals surface area contributed by atoms with E-state index in [1.807, 2.05) is 32.9 Å². The Labute approximate surface area is 73.3 Å². The van der Waals surface area contributed by atoms with Gasteiger partial charge in [-0.15, -0.1) is 0 Å². The highest BCUT2D eigenvalue weighted by molar-refractivity contribution is 5.34. The van der Waals surface area contributed by atoms with Crippen LogP contribution in [0.1, 0.15) is 20.8 Å². The van der Waals surface area contributed by atoms with Crippen LogP contribution in [0.3, 0.4) is 0 Å². The Morgan fingerprint density at radius 2 is 2.17 bits per heavy atom. The molecule has 0 aliphatic heterocycles. The van der Waals surface area contributed by atoms with E-state index in [4.69, 9.17) is 0 Å². The summed E-state index contributed by atoms with van der Waals surface area (Å²) in [4.78, 5) is 0. The summed E-state index contributed by atoms with van der Waals surface area (Å²) in [5, 5.41) is 8.85. The highest BCUT2D eigenvalue weighted by Crippen LogP contribution is 1.62. The maximum atomic E-state index is 3.88. The highest BCUT2D eigenvalue weighted by atomic mass is 15.1. The average molecular weight is 164 g/mol. The summed E-state index contributed by atoms with van der Waals surface area (Å²) < 4.78 is 0. The van der Waals surface area contributed by atoms with Crippen molar-refractivity contribution in [2.24, 2.45) is 0 Å². The fourth-order valence-electron chi connectivity index (χ4n) is 0.787. The minimum atomic E-state index is 1.01. The van der Waals surface area contributed by atoms with Gasteiger partial charge in [0.05, 0.1) is 11.5 Å². The normalized spacial score (nSPS) is 12.2. The van der Waals surface area contributed by atoms with Gasteiger partial charge in [-0.1, -0.05) is 32.6 Å². The van der Waals surface area contributed by atoms with Crippen molar-refractivity contribution in [1.29, 1.82) is 0 Å². The molecule has 0 saturated carbocycles. The molecule has 0 saturated heterocycles. The van der Waals surface area contributed by atoms with Crippen molar-refractivity contribution in [3.8, 4) is 0 Å². The second-order valence-corrected chi connectivity index (χ2v) is 1.93. The molecule has 1 aromatic rings. The standard InChI is InChI=1S/C8H10N2.C2H6/c1-3-5-8-7(4-2)6-9-10-8;1-2/h3-6,10H,1H2,2H3;1-2H3/b7-4-,8-5+;. The summed E-state index contributed by atoms with van der Waals surface area (Å²) >= 11 is 0. The molecule has 0 aromatic carbocycles. The molecule has 0 amide bonds. The van der Waals surface area contributed by atoms with Crippen LogP contribution < -0.4 is 10.6 Å². The second-order valence-electron chi connectivity index (χ2n) is 1.93. The molecule has 0 fully saturated rings. The van der Waals surface area contributed by atoms with Gasteiger partial charge < -0.3 is 0 Å². The molecule has 1 N–H and O–H groups in total. The molecular weight excluding hydrogens is 148 g/mol. The van der Waals surface area contributed by atoms with Crippen molar-refractivity contribution in [3.05, 3.63) is 29.4 Å². The Kier molecular flexibility index (Phi) is 5.70. The maximum Gasteiger partial charge on any atom is 0.0646 e. The van der Waals surface area contributed by atoms with Gasteiger partial charge in [-0.05, 0) is 13.0 Å². The Hall–Kier alpha value is -1.31. The summed E-state index contributed by atoms with van der Waals surface area (Å²) in [6.07, 6.45) is 7.41. The van der Waals surface area contributed by atoms with E-state index in [0.717, 1.165) is 10.6 Å². The van der Waals surface area contributed by atoms with Crippen molar-refractivity contribution < 1.29 is 0 Å². The van der Waals surface area contributed by atoms with Gasteiger partial charge in [-0.2, -0.15) is 5.10 Å². The monoisotopic (exact) mass is 164 g/mol. The van der Waals surface area contributed by atoms with Gasteiger partial charge in [0.25, 0.3) is 0 Å². The van der Waals surface area contributed by atoms with Gasteiger partial charge in [0, 0.05) is 5.22 Å². The van der Waals surface area contributed by atoms with E-state index >= 15 is 0 Å². The molecule has 0 radical (unpaired) electrons. The summed E-state index contributed by atoms with van der Waals surface area (Å²) in [6.45, 7) is 9.57. The molecule has 1 heterocycles. The van der Waals surface area contributed by atoms with E-state index < -0.39 is 0 Å². The number of nitrogens with one attached hydrogen (secondary N) is 1. The maximum absolute atomic E-state index is 3.88. The number of nitrogens with zero attached hydrogens (tertiary/aromatic N) is 1. The Morgan fingerprint density at radius 1 is 1.50 bits per heavy atom. The predicted molar refractivity (Wildman–Crippen MR) is 54.0 cm³/mol. The molecule has 0 atom stereocenters. The lowest BCUT2D eigenvalue weighted by atomic mass is 10.4. The molecule has 1 rings (SSSR count). The number of H-pyrrole nitrogens is 1. The summed E-state index contributed by atoms with van der Waals surface area (Å²) in [5.74, 6) is 0. The van der Waals surface area contributed by atoms with Crippen LogP contribution in [0, 0.1) is 0 Å². The quantitative estimate of drug-likeness (QED) is 0.664. The van der Waals surface area contributed by atoms with Gasteiger partial charge >= 0.3 is 0 Å². The first-order chi connectivity index (χ1) is 5.88. The lowest BCUT2D eigenvalue weighted by Gasteiger charge is -1.72. The van der Waals surface area contributed by atoms with Crippen molar-refractivity contribution in [3.63, 3.8) is 0 Å². The van der Waals surface area contributed by atoms with Crippen molar-refractivity contribution in [2.75, 3.05) is 0 Å². The van der Waals surface area contributed by atoms with Gasteiger partial charge in [0.15, 0.2) is 0 Å². The third-order valence-electron chi connectivity index (χ3n) is 1.30. The molecule has 2 nitrogen and oxygen atoms in total. The Morgan fingerprint density at radius 3 is 2.67 bits per heavy atom. The van der Waals surface area contributed by atoms with Crippen LogP contribution in [-0.2, 0) is 0 Å². The van der Waals surface area contributed by atoms with Crippen LogP contribution in [-0.4, -0.2) is 10.2 Å². The summed E-state index contributed by atoms with van der Waals surface area (Å²) in [5.41, 5.74) is 0. The second kappa shape index (κ2) is 6.40. The number of aromatic nitrogens is 2. The van der Waals surface area contributed by atoms with Crippen molar-refractivity contribution in [1.82, 2.24) is 10.2 Å². The third kappa shape index (κ3) is 2.74. The molecule has 1 aromatic heterocycles. The van der Waals surface area contributed by atoms with Gasteiger partial charge in [-0.25, -0.2) is 0 Å². The third-order valence-corrected chi connectivity index (χ3v) is 1.30. The zero-order valence-corrected chi connectivity index (χ0v) is 7.96. The highest BCUT2D eigenvalue weighted by Gasteiger charge is 1.80. The van der Waals surface area contributed by atoms with E-state index in [2.05, 4.69) is 16.8 Å². The van der Waals surface area contributed by atoms with E-state index in [1.54, 1.807) is 12.3 Å². The topological polar surface area (TPSA) is 28.7 Å². The zero-order chi connectivity index (χ0) is 9.40. The summed E-state index contributed by atoms with van der Waals surface area (Å²) in [7, 11) is 0.